The van der Waals surface area contributed by atoms with E-state index in [0.717, 1.165) is 0 Å². The third kappa shape index (κ3) is 7.71. The average Bonchev–Trinajstić information content (AvgIpc) is 2.85. The first-order valence-electron chi connectivity index (χ1n) is 11.0. The first kappa shape index (κ1) is 29.9. The number of nitrogens with zero attached hydrogens (tertiary/aromatic N) is 1. The van der Waals surface area contributed by atoms with Crippen LogP contribution >= 0.6 is 11.8 Å². The Morgan fingerprint density at radius 2 is 1.57 bits per heavy atom. The van der Waals surface area contributed by atoms with Gasteiger partial charge in [0.05, 0.1) is 12.7 Å². The first-order valence-corrected chi connectivity index (χ1v) is 13.2. The molecule has 1 aromatic rings. The number of aliphatic hydroxyl groups excluding tert-OH is 7. The summed E-state index contributed by atoms with van der Waals surface area (Å²) in [5, 5.41) is 72.5. The maximum Gasteiger partial charge on any atom is 0.466 e. The van der Waals surface area contributed by atoms with Crippen molar-refractivity contribution in [1.29, 1.82) is 0 Å². The average molecular weight is 572 g/mol. The maximum atomic E-state index is 11.0. The number of thioether (sulfide) groups is 1. The topological polar surface area (TPSA) is 245 Å². The molecule has 0 bridgehead atoms. The Hall–Kier alpha value is -1.61. The van der Waals surface area contributed by atoms with Gasteiger partial charge in [-0.2, -0.15) is 8.42 Å². The second-order valence-electron chi connectivity index (χ2n) is 8.42. The molecule has 0 unspecified atom stereocenters. The van der Waals surface area contributed by atoms with Crippen LogP contribution in [-0.2, 0) is 30.6 Å². The minimum atomic E-state index is -4.97. The predicted octanol–water partition coefficient (Wildman–Crippen LogP) is -2.90. The van der Waals surface area contributed by atoms with Crippen LogP contribution in [0.5, 0.6) is 5.75 Å². The molecule has 2 saturated heterocycles. The highest BCUT2D eigenvalue weighted by atomic mass is 32.3. The van der Waals surface area contributed by atoms with Gasteiger partial charge >= 0.3 is 10.4 Å². The minimum absolute atomic E-state index is 0.125. The molecular formula is C20H29NO14S2. The quantitative estimate of drug-likeness (QED) is 0.0675. The van der Waals surface area contributed by atoms with Crippen molar-refractivity contribution < 1.29 is 67.2 Å². The van der Waals surface area contributed by atoms with Crippen molar-refractivity contribution in [1.82, 2.24) is 0 Å². The highest BCUT2D eigenvalue weighted by Gasteiger charge is 2.45. The maximum absolute atomic E-state index is 11.0. The van der Waals surface area contributed by atoms with Gasteiger partial charge in [0, 0.05) is 6.42 Å². The summed E-state index contributed by atoms with van der Waals surface area (Å²) in [6, 6.07) is 5.98. The van der Waals surface area contributed by atoms with Gasteiger partial charge in [0.2, 0.25) is 6.29 Å². The Morgan fingerprint density at radius 3 is 2.16 bits per heavy atom. The molecule has 210 valence electrons. The fourth-order valence-corrected chi connectivity index (χ4v) is 4.92. The lowest BCUT2D eigenvalue weighted by molar-refractivity contribution is -0.268. The van der Waals surface area contributed by atoms with Gasteiger partial charge in [0.1, 0.15) is 59.0 Å². The number of hydrogen-bond acceptors (Lipinski definition) is 15. The Morgan fingerprint density at radius 1 is 0.946 bits per heavy atom. The molecule has 1 aromatic carbocycles. The van der Waals surface area contributed by atoms with Crippen molar-refractivity contribution in [3.05, 3.63) is 29.8 Å². The van der Waals surface area contributed by atoms with Crippen LogP contribution in [0, 0.1) is 0 Å². The van der Waals surface area contributed by atoms with Crippen LogP contribution in [0.3, 0.4) is 0 Å². The number of oxime groups is 1. The van der Waals surface area contributed by atoms with Gasteiger partial charge in [-0.05, 0) is 24.6 Å². The molecule has 0 spiro atoms. The third-order valence-electron chi connectivity index (χ3n) is 5.67. The van der Waals surface area contributed by atoms with E-state index in [0.29, 0.717) is 17.3 Å². The van der Waals surface area contributed by atoms with Gasteiger partial charge in [0.25, 0.3) is 0 Å². The molecule has 15 nitrogen and oxygen atoms in total. The highest BCUT2D eigenvalue weighted by Crippen LogP contribution is 2.31. The molecule has 0 amide bonds. The summed E-state index contributed by atoms with van der Waals surface area (Å²) in [5.41, 5.74) is -0.799. The van der Waals surface area contributed by atoms with E-state index in [1.165, 1.54) is 31.2 Å². The fourth-order valence-electron chi connectivity index (χ4n) is 3.59. The normalized spacial score (nSPS) is 37.3. The van der Waals surface area contributed by atoms with E-state index in [9.17, 15) is 44.2 Å². The second-order valence-corrected chi connectivity index (χ2v) is 10.6. The largest absolute Gasteiger partial charge is 0.466 e. The van der Waals surface area contributed by atoms with Crippen LogP contribution in [0.4, 0.5) is 0 Å². The Labute approximate surface area is 215 Å². The van der Waals surface area contributed by atoms with Crippen molar-refractivity contribution in [3.8, 4) is 5.75 Å². The van der Waals surface area contributed by atoms with Gasteiger partial charge in [-0.15, -0.1) is 0 Å². The molecule has 0 aromatic heterocycles. The SMILES string of the molecule is C[C@@H]1O[C@@H](Oc2ccc(C/C(=N/OS(=O)(=O)O)S[C@H]3O[C@@H](CO)[C@H](O)[C@H](O)[C@H]3O)cc2)[C@H](O)[C@@H](O)[C@H]1O. The number of benzene rings is 1. The predicted molar refractivity (Wildman–Crippen MR) is 125 cm³/mol. The summed E-state index contributed by atoms with van der Waals surface area (Å²) in [6.45, 7) is 0.827. The minimum Gasteiger partial charge on any atom is -0.462 e. The van der Waals surface area contributed by atoms with Crippen LogP contribution < -0.4 is 4.74 Å². The third-order valence-corrected chi connectivity index (χ3v) is 7.05. The van der Waals surface area contributed by atoms with Crippen molar-refractivity contribution >= 4 is 27.2 Å². The molecule has 10 atom stereocenters. The zero-order chi connectivity index (χ0) is 27.5. The number of hydrogen-bond donors (Lipinski definition) is 8. The number of aliphatic hydroxyl groups is 7. The smallest absolute Gasteiger partial charge is 0.462 e. The lowest BCUT2D eigenvalue weighted by Gasteiger charge is -2.39. The van der Waals surface area contributed by atoms with Crippen molar-refractivity contribution in [3.63, 3.8) is 0 Å². The summed E-state index contributed by atoms with van der Waals surface area (Å²) in [6.07, 6.45) is -12.6. The Bertz CT molecular complexity index is 1020. The van der Waals surface area contributed by atoms with Gasteiger partial charge in [0.15, 0.2) is 0 Å². The van der Waals surface area contributed by atoms with Crippen molar-refractivity contribution in [2.45, 2.75) is 73.9 Å². The summed E-state index contributed by atoms with van der Waals surface area (Å²) in [5.74, 6) is 0.220. The second kappa shape index (κ2) is 12.5. The van der Waals surface area contributed by atoms with Gasteiger partial charge in [-0.3, -0.25) is 4.55 Å². The van der Waals surface area contributed by atoms with E-state index in [1.54, 1.807) is 0 Å². The number of rotatable bonds is 8. The molecule has 37 heavy (non-hydrogen) atoms. The fraction of sp³-hybridized carbons (Fsp3) is 0.650. The van der Waals surface area contributed by atoms with Gasteiger partial charge in [-0.1, -0.05) is 29.1 Å². The van der Waals surface area contributed by atoms with Gasteiger partial charge < -0.3 is 50.0 Å². The molecule has 3 rings (SSSR count). The molecule has 2 fully saturated rings. The summed E-state index contributed by atoms with van der Waals surface area (Å²) < 4.78 is 51.3. The molecule has 2 aliphatic rings. The standard InChI is InChI=1S/C20H29NO14S2/c1-8-13(23)15(25)17(27)19(32-8)33-10-4-2-9(3-5-10)6-12(21-35-37(29,30)31)36-20-18(28)16(26)14(24)11(7-22)34-20/h2-5,8,11,13-20,22-28H,6-7H2,1H3,(H,29,30,31)/b21-12-/t8-,11-,13-,14-,15-,16-,17+,18+,19-,20+/m0/s1. The summed E-state index contributed by atoms with van der Waals surface area (Å²) >= 11 is 0.627. The zero-order valence-electron chi connectivity index (χ0n) is 19.3. The molecule has 17 heteroatoms. The van der Waals surface area contributed by atoms with E-state index in [2.05, 4.69) is 9.44 Å². The zero-order valence-corrected chi connectivity index (χ0v) is 20.9. The molecular weight excluding hydrogens is 542 g/mol. The van der Waals surface area contributed by atoms with Gasteiger partial charge in [-0.25, -0.2) is 4.28 Å². The first-order chi connectivity index (χ1) is 17.3. The van der Waals surface area contributed by atoms with E-state index in [1.807, 2.05) is 0 Å². The molecule has 2 heterocycles. The van der Waals surface area contributed by atoms with E-state index in [4.69, 9.17) is 18.8 Å². The van der Waals surface area contributed by atoms with Crippen molar-refractivity contribution in [2.24, 2.45) is 5.16 Å². The highest BCUT2D eigenvalue weighted by molar-refractivity contribution is 8.14. The summed E-state index contributed by atoms with van der Waals surface area (Å²) in [7, 11) is -4.97. The summed E-state index contributed by atoms with van der Waals surface area (Å²) in [4.78, 5) is 0. The van der Waals surface area contributed by atoms with Crippen molar-refractivity contribution in [2.75, 3.05) is 6.61 Å². The number of ether oxygens (including phenoxy) is 3. The van der Waals surface area contributed by atoms with Crippen LogP contribution in [0.2, 0.25) is 0 Å². The Kier molecular flexibility index (Phi) is 10.1. The van der Waals surface area contributed by atoms with Crippen LogP contribution in [-0.4, -0.2) is 121 Å². The van der Waals surface area contributed by atoms with E-state index >= 15 is 0 Å². The molecule has 0 saturated carbocycles. The Balaban J connectivity index is 1.72. The molecule has 2 aliphatic heterocycles. The molecule has 0 aliphatic carbocycles. The molecule has 0 radical (unpaired) electrons. The van der Waals surface area contributed by atoms with Crippen LogP contribution in [0.15, 0.2) is 29.4 Å². The lowest BCUT2D eigenvalue weighted by Crippen LogP contribution is -2.58. The van der Waals surface area contributed by atoms with E-state index < -0.39 is 77.6 Å². The van der Waals surface area contributed by atoms with Crippen LogP contribution in [0.1, 0.15) is 12.5 Å². The molecule has 8 N–H and O–H groups in total. The lowest BCUT2D eigenvalue weighted by atomic mass is 10.00. The van der Waals surface area contributed by atoms with E-state index in [-0.39, 0.29) is 17.2 Å². The monoisotopic (exact) mass is 571 g/mol. The van der Waals surface area contributed by atoms with Crippen LogP contribution in [0.25, 0.3) is 0 Å².